The first-order valence-electron chi connectivity index (χ1n) is 4.30. The van der Waals surface area contributed by atoms with Crippen LogP contribution in [0.5, 0.6) is 0 Å². The van der Waals surface area contributed by atoms with E-state index in [2.05, 4.69) is 4.98 Å². The van der Waals surface area contributed by atoms with Crippen LogP contribution in [0.2, 0.25) is 9.49 Å². The van der Waals surface area contributed by atoms with E-state index in [0.717, 1.165) is 20.7 Å². The number of hydrogen-bond donors (Lipinski definition) is 1. The van der Waals surface area contributed by atoms with E-state index in [1.807, 2.05) is 23.7 Å². The van der Waals surface area contributed by atoms with Crippen molar-refractivity contribution in [1.29, 1.82) is 0 Å². The summed E-state index contributed by atoms with van der Waals surface area (Å²) in [7, 11) is 1.89. The maximum atomic E-state index is 6.05. The van der Waals surface area contributed by atoms with Crippen molar-refractivity contribution in [2.75, 3.05) is 0 Å². The van der Waals surface area contributed by atoms with Crippen LogP contribution >= 0.6 is 34.5 Å². The maximum absolute atomic E-state index is 6.05. The van der Waals surface area contributed by atoms with Crippen molar-refractivity contribution in [1.82, 2.24) is 9.55 Å². The van der Waals surface area contributed by atoms with E-state index in [9.17, 15) is 0 Å². The van der Waals surface area contributed by atoms with Gasteiger partial charge in [0.1, 0.15) is 5.82 Å². The van der Waals surface area contributed by atoms with Crippen molar-refractivity contribution in [3.05, 3.63) is 27.4 Å². The fourth-order valence-electron chi connectivity index (χ4n) is 1.40. The van der Waals surface area contributed by atoms with E-state index in [1.54, 1.807) is 0 Å². The van der Waals surface area contributed by atoms with Crippen LogP contribution < -0.4 is 5.73 Å². The Hall–Kier alpha value is -0.550. The largest absolute Gasteiger partial charge is 0.328 e. The van der Waals surface area contributed by atoms with Gasteiger partial charge in [0.15, 0.2) is 5.15 Å². The van der Waals surface area contributed by atoms with Gasteiger partial charge in [-0.3, -0.25) is 0 Å². The number of nitrogens with zero attached hydrogens (tertiary/aromatic N) is 2. The Labute approximate surface area is 101 Å². The monoisotopic (exact) mass is 261 g/mol. The molecule has 6 heteroatoms. The van der Waals surface area contributed by atoms with Gasteiger partial charge in [0.2, 0.25) is 0 Å². The van der Waals surface area contributed by atoms with E-state index in [4.69, 9.17) is 28.9 Å². The standard InChI is InChI=1S/C9H9Cl2N3S/c1-14-7(4-12)13-9(11)8(14)5-2-3-6(10)15-5/h2-3H,4,12H2,1H3. The van der Waals surface area contributed by atoms with Crippen molar-refractivity contribution in [3.8, 4) is 10.6 Å². The topological polar surface area (TPSA) is 43.8 Å². The second-order valence-electron chi connectivity index (χ2n) is 3.03. The first-order chi connectivity index (χ1) is 7.13. The lowest BCUT2D eigenvalue weighted by Crippen LogP contribution is -2.05. The van der Waals surface area contributed by atoms with Gasteiger partial charge in [0, 0.05) is 7.05 Å². The molecule has 2 rings (SSSR count). The molecule has 3 nitrogen and oxygen atoms in total. The summed E-state index contributed by atoms with van der Waals surface area (Å²) in [6.45, 7) is 0.370. The second kappa shape index (κ2) is 4.14. The van der Waals surface area contributed by atoms with Crippen molar-refractivity contribution in [2.45, 2.75) is 6.54 Å². The molecule has 0 spiro atoms. The van der Waals surface area contributed by atoms with Crippen molar-refractivity contribution >= 4 is 34.5 Å². The minimum absolute atomic E-state index is 0.370. The van der Waals surface area contributed by atoms with E-state index in [1.165, 1.54) is 11.3 Å². The number of rotatable bonds is 2. The summed E-state index contributed by atoms with van der Waals surface area (Å²) in [4.78, 5) is 5.18. The number of halogens is 2. The molecule has 0 saturated heterocycles. The van der Waals surface area contributed by atoms with Crippen molar-refractivity contribution < 1.29 is 0 Å². The van der Waals surface area contributed by atoms with Crippen molar-refractivity contribution in [2.24, 2.45) is 12.8 Å². The quantitative estimate of drug-likeness (QED) is 0.904. The molecule has 80 valence electrons. The smallest absolute Gasteiger partial charge is 0.156 e. The average Bonchev–Trinajstić information content (AvgIpc) is 2.71. The molecule has 0 aliphatic heterocycles. The van der Waals surface area contributed by atoms with Gasteiger partial charge in [-0.05, 0) is 12.1 Å². The molecular weight excluding hydrogens is 253 g/mol. The molecule has 0 atom stereocenters. The van der Waals surface area contributed by atoms with Gasteiger partial charge < -0.3 is 10.3 Å². The number of thiophene rings is 1. The van der Waals surface area contributed by atoms with Crippen molar-refractivity contribution in [3.63, 3.8) is 0 Å². The molecule has 0 bridgehead atoms. The zero-order chi connectivity index (χ0) is 11.0. The minimum Gasteiger partial charge on any atom is -0.328 e. The predicted octanol–water partition coefficient (Wildman–Crippen LogP) is 2.91. The Balaban J connectivity index is 2.57. The van der Waals surface area contributed by atoms with Crippen LogP contribution in [-0.4, -0.2) is 9.55 Å². The van der Waals surface area contributed by atoms with Gasteiger partial charge in [-0.25, -0.2) is 4.98 Å². The van der Waals surface area contributed by atoms with Crippen LogP contribution in [0, 0.1) is 0 Å². The SMILES string of the molecule is Cn1c(CN)nc(Cl)c1-c1ccc(Cl)s1. The molecule has 2 N–H and O–H groups in total. The Morgan fingerprint density at radius 2 is 2.20 bits per heavy atom. The van der Waals surface area contributed by atoms with Gasteiger partial charge in [-0.1, -0.05) is 23.2 Å². The number of hydrogen-bond acceptors (Lipinski definition) is 3. The molecule has 0 aliphatic carbocycles. The zero-order valence-electron chi connectivity index (χ0n) is 8.00. The van der Waals surface area contributed by atoms with Crippen LogP contribution in [-0.2, 0) is 13.6 Å². The molecule has 0 aliphatic rings. The van der Waals surface area contributed by atoms with Gasteiger partial charge in [-0.15, -0.1) is 11.3 Å². The van der Waals surface area contributed by atoms with Crippen LogP contribution in [0.3, 0.4) is 0 Å². The lowest BCUT2D eigenvalue weighted by Gasteiger charge is -2.01. The Morgan fingerprint density at radius 3 is 2.67 bits per heavy atom. The molecule has 2 heterocycles. The highest BCUT2D eigenvalue weighted by atomic mass is 35.5. The molecule has 0 saturated carbocycles. The fourth-order valence-corrected chi connectivity index (χ4v) is 2.91. The number of imidazole rings is 1. The van der Waals surface area contributed by atoms with Gasteiger partial charge in [0.05, 0.1) is 21.5 Å². The van der Waals surface area contributed by atoms with E-state index >= 15 is 0 Å². The zero-order valence-corrected chi connectivity index (χ0v) is 10.3. The summed E-state index contributed by atoms with van der Waals surface area (Å²) in [6, 6.07) is 3.77. The van der Waals surface area contributed by atoms with E-state index in [-0.39, 0.29) is 0 Å². The first-order valence-corrected chi connectivity index (χ1v) is 5.87. The van der Waals surface area contributed by atoms with Gasteiger partial charge in [-0.2, -0.15) is 0 Å². The van der Waals surface area contributed by atoms with Gasteiger partial charge in [0.25, 0.3) is 0 Å². The van der Waals surface area contributed by atoms with Crippen LogP contribution in [0.15, 0.2) is 12.1 Å². The lowest BCUT2D eigenvalue weighted by molar-refractivity contribution is 0.800. The number of aromatic nitrogens is 2. The molecule has 0 radical (unpaired) electrons. The highest BCUT2D eigenvalue weighted by molar-refractivity contribution is 7.19. The molecule has 2 aromatic rings. The lowest BCUT2D eigenvalue weighted by atomic mass is 10.4. The summed E-state index contributed by atoms with van der Waals surface area (Å²) in [5, 5.41) is 0.469. The third kappa shape index (κ3) is 1.90. The minimum atomic E-state index is 0.370. The van der Waals surface area contributed by atoms with Crippen LogP contribution in [0.25, 0.3) is 10.6 Å². The van der Waals surface area contributed by atoms with Crippen LogP contribution in [0.1, 0.15) is 5.82 Å². The molecule has 0 aromatic carbocycles. The third-order valence-electron chi connectivity index (χ3n) is 2.13. The predicted molar refractivity (Wildman–Crippen MR) is 64.4 cm³/mol. The average molecular weight is 262 g/mol. The summed E-state index contributed by atoms with van der Waals surface area (Å²) >= 11 is 13.4. The fraction of sp³-hybridized carbons (Fsp3) is 0.222. The number of nitrogens with two attached hydrogens (primary N) is 1. The highest BCUT2D eigenvalue weighted by Crippen LogP contribution is 2.35. The molecule has 0 amide bonds. The Morgan fingerprint density at radius 1 is 1.47 bits per heavy atom. The molecule has 2 aromatic heterocycles. The molecule has 0 fully saturated rings. The third-order valence-corrected chi connectivity index (χ3v) is 3.64. The summed E-state index contributed by atoms with van der Waals surface area (Å²) < 4.78 is 2.63. The molecule has 0 unspecified atom stereocenters. The summed E-state index contributed by atoms with van der Waals surface area (Å²) in [6.07, 6.45) is 0. The second-order valence-corrected chi connectivity index (χ2v) is 5.11. The molecule has 15 heavy (non-hydrogen) atoms. The van der Waals surface area contributed by atoms with E-state index in [0.29, 0.717) is 11.7 Å². The first kappa shape index (κ1) is 11.0. The Kier molecular flexibility index (Phi) is 3.02. The molecular formula is C9H9Cl2N3S. The van der Waals surface area contributed by atoms with Gasteiger partial charge >= 0.3 is 0 Å². The maximum Gasteiger partial charge on any atom is 0.156 e. The summed E-state index contributed by atoms with van der Waals surface area (Å²) in [5.41, 5.74) is 6.42. The Bertz CT molecular complexity index is 490. The van der Waals surface area contributed by atoms with E-state index < -0.39 is 0 Å². The summed E-state index contributed by atoms with van der Waals surface area (Å²) in [5.74, 6) is 0.763. The highest BCUT2D eigenvalue weighted by Gasteiger charge is 2.15. The van der Waals surface area contributed by atoms with Crippen LogP contribution in [0.4, 0.5) is 0 Å². The normalized spacial score (nSPS) is 10.9.